The lowest BCUT2D eigenvalue weighted by Gasteiger charge is -2.35. The molecule has 0 aliphatic rings. The van der Waals surface area contributed by atoms with Crippen LogP contribution in [0.1, 0.15) is 18.5 Å². The van der Waals surface area contributed by atoms with Gasteiger partial charge in [-0.1, -0.05) is 6.07 Å². The van der Waals surface area contributed by atoms with Gasteiger partial charge in [-0.05, 0) is 19.1 Å². The molecule has 0 saturated carbocycles. The summed E-state index contributed by atoms with van der Waals surface area (Å²) in [6.45, 7) is 1.43. The van der Waals surface area contributed by atoms with E-state index in [4.69, 9.17) is 0 Å². The molecule has 0 aliphatic carbocycles. The minimum Gasteiger partial charge on any atom is -0.381 e. The van der Waals surface area contributed by atoms with Gasteiger partial charge in [0.05, 0.1) is 29.2 Å². The molecule has 2 aromatic carbocycles. The van der Waals surface area contributed by atoms with Gasteiger partial charge in [-0.25, -0.2) is 18.4 Å². The average Bonchev–Trinajstić information content (AvgIpc) is 3.36. The van der Waals surface area contributed by atoms with E-state index in [9.17, 15) is 24.0 Å². The second-order valence-electron chi connectivity index (χ2n) is 6.91. The average molecular weight is 414 g/mol. The summed E-state index contributed by atoms with van der Waals surface area (Å²) in [5.74, 6) is -1.69. The molecule has 1 N–H and O–H groups in total. The van der Waals surface area contributed by atoms with Gasteiger partial charge in [0.25, 0.3) is 5.69 Å². The Morgan fingerprint density at radius 1 is 1.23 bits per heavy atom. The van der Waals surface area contributed by atoms with E-state index in [1.54, 1.807) is 6.92 Å². The quantitative estimate of drug-likeness (QED) is 0.384. The van der Waals surface area contributed by atoms with Gasteiger partial charge in [0.1, 0.15) is 29.9 Å². The first-order valence-corrected chi connectivity index (χ1v) is 8.91. The van der Waals surface area contributed by atoms with Crippen LogP contribution in [0.25, 0.3) is 10.9 Å². The third-order valence-electron chi connectivity index (χ3n) is 5.12. The fourth-order valence-corrected chi connectivity index (χ4v) is 3.51. The molecule has 2 aromatic heterocycles. The van der Waals surface area contributed by atoms with Crippen LogP contribution in [0.3, 0.4) is 0 Å². The molecule has 30 heavy (non-hydrogen) atoms. The molecule has 0 bridgehead atoms. The Balaban J connectivity index is 1.84. The molecule has 0 radical (unpaired) electrons. The molecule has 0 aliphatic heterocycles. The van der Waals surface area contributed by atoms with Crippen molar-refractivity contribution < 1.29 is 18.8 Å². The van der Waals surface area contributed by atoms with E-state index in [1.165, 1.54) is 52.5 Å². The van der Waals surface area contributed by atoms with Crippen LogP contribution in [0.5, 0.6) is 0 Å². The Morgan fingerprint density at radius 2 is 2.03 bits per heavy atom. The maximum absolute atomic E-state index is 14.7. The third-order valence-corrected chi connectivity index (χ3v) is 5.12. The Morgan fingerprint density at radius 3 is 2.70 bits per heavy atom. The van der Waals surface area contributed by atoms with Crippen LogP contribution in [0.15, 0.2) is 55.2 Å². The monoisotopic (exact) mass is 414 g/mol. The standard InChI is InChI=1S/C19H16F2N6O3/c1-12(26-18-5-3-15(27(29)30)6-13(18)8-23-26)19(28,9-25-11-22-10-24-25)16-4-2-14(20)7-17(16)21/h2-8,10-12,28H,9H2,1H3/t12-,19-/m1/s1. The zero-order valence-electron chi connectivity index (χ0n) is 15.7. The van der Waals surface area contributed by atoms with Gasteiger partial charge in [-0.15, -0.1) is 0 Å². The molecule has 154 valence electrons. The molecule has 0 fully saturated rings. The number of fused-ring (bicyclic) bond motifs is 1. The molecule has 4 aromatic rings. The summed E-state index contributed by atoms with van der Waals surface area (Å²) >= 11 is 0. The minimum atomic E-state index is -1.90. The molecule has 0 amide bonds. The summed E-state index contributed by atoms with van der Waals surface area (Å²) in [5, 5.41) is 31.4. The Bertz CT molecular complexity index is 1230. The predicted molar refractivity (Wildman–Crippen MR) is 101 cm³/mol. The van der Waals surface area contributed by atoms with Crippen LogP contribution in [0, 0.1) is 21.7 Å². The number of nitro benzene ring substituents is 1. The maximum Gasteiger partial charge on any atom is 0.270 e. The molecule has 0 spiro atoms. The van der Waals surface area contributed by atoms with Crippen LogP contribution in [-0.4, -0.2) is 34.6 Å². The Hall–Kier alpha value is -3.73. The number of aromatic nitrogens is 5. The van der Waals surface area contributed by atoms with E-state index in [2.05, 4.69) is 15.2 Å². The number of non-ortho nitro benzene ring substituents is 1. The lowest BCUT2D eigenvalue weighted by Crippen LogP contribution is -2.41. The van der Waals surface area contributed by atoms with Crippen LogP contribution in [-0.2, 0) is 12.1 Å². The minimum absolute atomic E-state index is 0.0999. The Kier molecular flexibility index (Phi) is 4.74. The third kappa shape index (κ3) is 3.28. The summed E-state index contributed by atoms with van der Waals surface area (Å²) < 4.78 is 30.9. The lowest BCUT2D eigenvalue weighted by atomic mass is 9.86. The molecular weight excluding hydrogens is 398 g/mol. The van der Waals surface area contributed by atoms with Crippen molar-refractivity contribution in [1.29, 1.82) is 0 Å². The van der Waals surface area contributed by atoms with E-state index in [0.717, 1.165) is 6.07 Å². The fourth-order valence-electron chi connectivity index (χ4n) is 3.51. The summed E-state index contributed by atoms with van der Waals surface area (Å²) in [6.07, 6.45) is 4.06. The highest BCUT2D eigenvalue weighted by atomic mass is 19.1. The summed E-state index contributed by atoms with van der Waals surface area (Å²) in [6, 6.07) is 6.26. The second-order valence-corrected chi connectivity index (χ2v) is 6.91. The summed E-state index contributed by atoms with van der Waals surface area (Å²) in [7, 11) is 0. The number of benzene rings is 2. The van der Waals surface area contributed by atoms with Crippen molar-refractivity contribution >= 4 is 16.6 Å². The fraction of sp³-hybridized carbons (Fsp3) is 0.211. The van der Waals surface area contributed by atoms with E-state index in [-0.39, 0.29) is 17.8 Å². The molecule has 2 atom stereocenters. The zero-order valence-corrected chi connectivity index (χ0v) is 15.7. The topological polar surface area (TPSA) is 112 Å². The normalized spacial score (nSPS) is 14.5. The molecule has 4 rings (SSSR count). The highest BCUT2D eigenvalue weighted by Gasteiger charge is 2.41. The zero-order chi connectivity index (χ0) is 21.5. The van der Waals surface area contributed by atoms with E-state index in [1.807, 2.05) is 0 Å². The number of aliphatic hydroxyl groups is 1. The van der Waals surface area contributed by atoms with Crippen LogP contribution in [0.4, 0.5) is 14.5 Å². The number of nitrogens with zero attached hydrogens (tertiary/aromatic N) is 6. The van der Waals surface area contributed by atoms with Gasteiger partial charge in [0.2, 0.25) is 0 Å². The summed E-state index contributed by atoms with van der Waals surface area (Å²) in [5.41, 5.74) is -1.63. The first-order valence-electron chi connectivity index (χ1n) is 8.91. The van der Waals surface area contributed by atoms with Crippen molar-refractivity contribution in [3.05, 3.63) is 82.6 Å². The van der Waals surface area contributed by atoms with E-state index < -0.39 is 28.2 Å². The van der Waals surface area contributed by atoms with Crippen molar-refractivity contribution in [3.63, 3.8) is 0 Å². The number of nitro groups is 1. The van der Waals surface area contributed by atoms with Crippen LogP contribution < -0.4 is 0 Å². The van der Waals surface area contributed by atoms with E-state index in [0.29, 0.717) is 17.0 Å². The largest absolute Gasteiger partial charge is 0.381 e. The van der Waals surface area contributed by atoms with Crippen LogP contribution >= 0.6 is 0 Å². The second kappa shape index (κ2) is 7.26. The first kappa shape index (κ1) is 19.6. The van der Waals surface area contributed by atoms with Gasteiger partial charge in [-0.2, -0.15) is 10.2 Å². The summed E-state index contributed by atoms with van der Waals surface area (Å²) in [4.78, 5) is 14.3. The van der Waals surface area contributed by atoms with Gasteiger partial charge >= 0.3 is 0 Å². The molecule has 9 nitrogen and oxygen atoms in total. The number of hydrogen-bond acceptors (Lipinski definition) is 6. The lowest BCUT2D eigenvalue weighted by molar-refractivity contribution is -0.384. The van der Waals surface area contributed by atoms with Crippen molar-refractivity contribution in [3.8, 4) is 0 Å². The van der Waals surface area contributed by atoms with Gasteiger partial charge < -0.3 is 5.11 Å². The first-order chi connectivity index (χ1) is 14.3. The predicted octanol–water partition coefficient (Wildman–Crippen LogP) is 2.96. The number of hydrogen-bond donors (Lipinski definition) is 1. The molecule has 11 heteroatoms. The van der Waals surface area contributed by atoms with Gasteiger partial charge in [0.15, 0.2) is 0 Å². The van der Waals surface area contributed by atoms with Crippen molar-refractivity contribution in [1.82, 2.24) is 24.5 Å². The molecule has 2 heterocycles. The van der Waals surface area contributed by atoms with Gasteiger partial charge in [0, 0.05) is 29.1 Å². The van der Waals surface area contributed by atoms with Crippen molar-refractivity contribution in [2.24, 2.45) is 0 Å². The highest BCUT2D eigenvalue weighted by molar-refractivity contribution is 5.81. The SMILES string of the molecule is C[C@@H](n1ncc2cc([N+](=O)[O-])ccc21)[C@](O)(Cn1cncn1)c1ccc(F)cc1F. The Labute approximate surface area is 168 Å². The molecular formula is C19H16F2N6O3. The molecule has 0 saturated heterocycles. The van der Waals surface area contributed by atoms with Gasteiger partial charge in [-0.3, -0.25) is 14.8 Å². The van der Waals surface area contributed by atoms with Crippen molar-refractivity contribution in [2.45, 2.75) is 25.1 Å². The highest BCUT2D eigenvalue weighted by Crippen LogP contribution is 2.38. The van der Waals surface area contributed by atoms with Crippen molar-refractivity contribution in [2.75, 3.05) is 0 Å². The maximum atomic E-state index is 14.7. The molecule has 0 unspecified atom stereocenters. The smallest absolute Gasteiger partial charge is 0.270 e. The number of halogens is 2. The number of rotatable bonds is 6. The van der Waals surface area contributed by atoms with Crippen LogP contribution in [0.2, 0.25) is 0 Å². The van der Waals surface area contributed by atoms with E-state index >= 15 is 0 Å².